The average molecular weight is 283 g/mol. The molecule has 0 bridgehead atoms. The third kappa shape index (κ3) is 4.16. The fraction of sp³-hybridized carbons (Fsp3) is 0.368. The Hall–Kier alpha value is -1.64. The van der Waals surface area contributed by atoms with Gasteiger partial charge >= 0.3 is 0 Å². The molecule has 0 fully saturated rings. The summed E-state index contributed by atoms with van der Waals surface area (Å²) in [5.74, 6) is 0. The molecule has 0 spiro atoms. The van der Waals surface area contributed by atoms with Crippen LogP contribution in [0.1, 0.15) is 31.9 Å². The average Bonchev–Trinajstić information content (AvgIpc) is 2.56. The summed E-state index contributed by atoms with van der Waals surface area (Å²) >= 11 is 0. The zero-order valence-corrected chi connectivity index (χ0v) is 13.2. The van der Waals surface area contributed by atoms with Gasteiger partial charge in [-0.05, 0) is 36.6 Å². The molecule has 0 radical (unpaired) electrons. The van der Waals surface area contributed by atoms with Crippen molar-refractivity contribution in [3.8, 4) is 11.1 Å². The predicted octanol–water partition coefficient (Wildman–Crippen LogP) is 4.43. The molecule has 2 aromatic rings. The van der Waals surface area contributed by atoms with Crippen LogP contribution in [0.25, 0.3) is 11.1 Å². The molecule has 0 aliphatic rings. The van der Waals surface area contributed by atoms with Crippen LogP contribution in [0.2, 0.25) is 0 Å². The summed E-state index contributed by atoms with van der Waals surface area (Å²) in [4.78, 5) is 0. The van der Waals surface area contributed by atoms with Gasteiger partial charge in [0, 0.05) is 7.11 Å². The number of nitrogens with one attached hydrogen (secondary N) is 1. The first-order valence-corrected chi connectivity index (χ1v) is 7.67. The molecule has 0 saturated carbocycles. The molecule has 2 aromatic carbocycles. The van der Waals surface area contributed by atoms with Crippen molar-refractivity contribution in [2.45, 2.75) is 32.4 Å². The Morgan fingerprint density at radius 3 is 2.14 bits per heavy atom. The van der Waals surface area contributed by atoms with Crippen molar-refractivity contribution < 1.29 is 4.74 Å². The molecule has 2 atom stereocenters. The van der Waals surface area contributed by atoms with Crippen LogP contribution in [0.5, 0.6) is 0 Å². The van der Waals surface area contributed by atoms with Gasteiger partial charge in [0.2, 0.25) is 0 Å². The number of hydrogen-bond donors (Lipinski definition) is 1. The number of ether oxygens (including phenoxy) is 1. The first-order chi connectivity index (χ1) is 10.3. The quantitative estimate of drug-likeness (QED) is 0.811. The molecule has 112 valence electrons. The summed E-state index contributed by atoms with van der Waals surface area (Å²) in [7, 11) is 1.77. The first-order valence-electron chi connectivity index (χ1n) is 7.67. The summed E-state index contributed by atoms with van der Waals surface area (Å²) in [5, 5.41) is 3.57. The van der Waals surface area contributed by atoms with Gasteiger partial charge in [0.15, 0.2) is 0 Å². The minimum atomic E-state index is 0.152. The highest BCUT2D eigenvalue weighted by Gasteiger charge is 2.18. The van der Waals surface area contributed by atoms with Crippen LogP contribution in [0, 0.1) is 0 Å². The normalized spacial score (nSPS) is 13.9. The van der Waals surface area contributed by atoms with E-state index in [1.807, 2.05) is 6.07 Å². The molecule has 2 unspecified atom stereocenters. The maximum Gasteiger partial charge on any atom is 0.0737 e. The topological polar surface area (TPSA) is 21.3 Å². The van der Waals surface area contributed by atoms with Crippen molar-refractivity contribution in [2.75, 3.05) is 13.7 Å². The van der Waals surface area contributed by atoms with Crippen molar-refractivity contribution in [1.82, 2.24) is 5.32 Å². The second-order valence-electron chi connectivity index (χ2n) is 5.36. The van der Waals surface area contributed by atoms with E-state index in [1.165, 1.54) is 16.7 Å². The molecule has 1 N–H and O–H groups in total. The second-order valence-corrected chi connectivity index (χ2v) is 5.36. The molecule has 21 heavy (non-hydrogen) atoms. The van der Waals surface area contributed by atoms with Crippen LogP contribution in [-0.2, 0) is 4.74 Å². The highest BCUT2D eigenvalue weighted by molar-refractivity contribution is 5.63. The van der Waals surface area contributed by atoms with Crippen LogP contribution < -0.4 is 5.32 Å². The van der Waals surface area contributed by atoms with Gasteiger partial charge in [-0.3, -0.25) is 0 Å². The maximum absolute atomic E-state index is 5.52. The van der Waals surface area contributed by atoms with E-state index >= 15 is 0 Å². The third-order valence-corrected chi connectivity index (χ3v) is 3.83. The standard InChI is InChI=1S/C19H25NO/c1-4-14-20-19(15(2)21-3)18-12-10-17(11-13-18)16-8-6-5-7-9-16/h5-13,15,19-20H,4,14H2,1-3H3. The zero-order valence-electron chi connectivity index (χ0n) is 13.2. The van der Waals surface area contributed by atoms with Gasteiger partial charge < -0.3 is 10.1 Å². The predicted molar refractivity (Wildman–Crippen MR) is 89.4 cm³/mol. The van der Waals surface area contributed by atoms with Crippen LogP contribution in [0.15, 0.2) is 54.6 Å². The van der Waals surface area contributed by atoms with Gasteiger partial charge in [0.1, 0.15) is 0 Å². The lowest BCUT2D eigenvalue weighted by Crippen LogP contribution is -2.31. The van der Waals surface area contributed by atoms with E-state index in [1.54, 1.807) is 7.11 Å². The van der Waals surface area contributed by atoms with E-state index in [2.05, 4.69) is 67.7 Å². The molecular formula is C19H25NO. The van der Waals surface area contributed by atoms with E-state index in [-0.39, 0.29) is 12.1 Å². The maximum atomic E-state index is 5.52. The monoisotopic (exact) mass is 283 g/mol. The summed E-state index contributed by atoms with van der Waals surface area (Å²) in [6, 6.07) is 19.5. The van der Waals surface area contributed by atoms with Crippen LogP contribution in [0.4, 0.5) is 0 Å². The Morgan fingerprint density at radius 2 is 1.57 bits per heavy atom. The van der Waals surface area contributed by atoms with Gasteiger partial charge in [0.25, 0.3) is 0 Å². The zero-order chi connectivity index (χ0) is 15.1. The molecular weight excluding hydrogens is 258 g/mol. The lowest BCUT2D eigenvalue weighted by atomic mass is 9.98. The minimum Gasteiger partial charge on any atom is -0.380 e. The van der Waals surface area contributed by atoms with E-state index in [0.29, 0.717) is 0 Å². The summed E-state index contributed by atoms with van der Waals surface area (Å²) < 4.78 is 5.52. The Labute approximate surface area is 128 Å². The van der Waals surface area contributed by atoms with Gasteiger partial charge in [-0.2, -0.15) is 0 Å². The SMILES string of the molecule is CCCNC(c1ccc(-c2ccccc2)cc1)C(C)OC. The Balaban J connectivity index is 2.19. The van der Waals surface area contributed by atoms with Gasteiger partial charge in [-0.15, -0.1) is 0 Å². The first kappa shape index (κ1) is 15.7. The third-order valence-electron chi connectivity index (χ3n) is 3.83. The summed E-state index contributed by atoms with van der Waals surface area (Å²) in [6.07, 6.45) is 1.27. The lowest BCUT2D eigenvalue weighted by Gasteiger charge is -2.24. The Morgan fingerprint density at radius 1 is 0.952 bits per heavy atom. The molecule has 0 aromatic heterocycles. The van der Waals surface area contributed by atoms with E-state index in [4.69, 9.17) is 4.74 Å². The Kier molecular flexibility index (Phi) is 5.97. The molecule has 2 rings (SSSR count). The molecule has 2 nitrogen and oxygen atoms in total. The summed E-state index contributed by atoms with van der Waals surface area (Å²) in [5.41, 5.74) is 3.78. The van der Waals surface area contributed by atoms with Crippen LogP contribution >= 0.6 is 0 Å². The molecule has 0 aliphatic heterocycles. The highest BCUT2D eigenvalue weighted by Crippen LogP contribution is 2.24. The molecule has 0 saturated heterocycles. The fourth-order valence-electron chi connectivity index (χ4n) is 2.50. The lowest BCUT2D eigenvalue weighted by molar-refractivity contribution is 0.0830. The smallest absolute Gasteiger partial charge is 0.0737 e. The van der Waals surface area contributed by atoms with Crippen molar-refractivity contribution in [3.63, 3.8) is 0 Å². The number of rotatable bonds is 7. The number of methoxy groups -OCH3 is 1. The minimum absolute atomic E-state index is 0.152. The van der Waals surface area contributed by atoms with Gasteiger partial charge in [-0.1, -0.05) is 61.5 Å². The molecule has 0 amide bonds. The fourth-order valence-corrected chi connectivity index (χ4v) is 2.50. The van der Waals surface area contributed by atoms with E-state index in [9.17, 15) is 0 Å². The summed E-state index contributed by atoms with van der Waals surface area (Å²) in [6.45, 7) is 5.29. The van der Waals surface area contributed by atoms with Crippen LogP contribution in [0.3, 0.4) is 0 Å². The van der Waals surface area contributed by atoms with E-state index < -0.39 is 0 Å². The highest BCUT2D eigenvalue weighted by atomic mass is 16.5. The van der Waals surface area contributed by atoms with Crippen molar-refractivity contribution in [3.05, 3.63) is 60.2 Å². The largest absolute Gasteiger partial charge is 0.380 e. The van der Waals surface area contributed by atoms with Crippen molar-refractivity contribution >= 4 is 0 Å². The molecule has 2 heteroatoms. The van der Waals surface area contributed by atoms with E-state index in [0.717, 1.165) is 13.0 Å². The van der Waals surface area contributed by atoms with Crippen molar-refractivity contribution in [1.29, 1.82) is 0 Å². The Bertz CT molecular complexity index is 521. The van der Waals surface area contributed by atoms with Crippen molar-refractivity contribution in [2.24, 2.45) is 0 Å². The number of benzene rings is 2. The number of hydrogen-bond acceptors (Lipinski definition) is 2. The second kappa shape index (κ2) is 7.96. The van der Waals surface area contributed by atoms with Gasteiger partial charge in [-0.25, -0.2) is 0 Å². The molecule has 0 aliphatic carbocycles. The van der Waals surface area contributed by atoms with Crippen LogP contribution in [-0.4, -0.2) is 19.8 Å². The van der Waals surface area contributed by atoms with Gasteiger partial charge in [0.05, 0.1) is 12.1 Å². The molecule has 0 heterocycles.